The number of hydrogen-bond acceptors (Lipinski definition) is 3. The number of thiazole rings is 1. The quantitative estimate of drug-likeness (QED) is 0.651. The van der Waals surface area contributed by atoms with Gasteiger partial charge in [-0.25, -0.2) is 4.98 Å². The summed E-state index contributed by atoms with van der Waals surface area (Å²) in [6.45, 7) is 1.98. The maximum atomic E-state index is 12.2. The Hall–Kier alpha value is -1.88. The summed E-state index contributed by atoms with van der Waals surface area (Å²) in [4.78, 5) is 16.6. The van der Waals surface area contributed by atoms with Gasteiger partial charge in [0, 0.05) is 21.5 Å². The van der Waals surface area contributed by atoms with Gasteiger partial charge in [0.15, 0.2) is 5.13 Å². The lowest BCUT2D eigenvalue weighted by atomic mass is 10.1. The van der Waals surface area contributed by atoms with Crippen LogP contribution >= 0.6 is 34.5 Å². The van der Waals surface area contributed by atoms with Crippen molar-refractivity contribution in [3.8, 4) is 11.3 Å². The van der Waals surface area contributed by atoms with Crippen LogP contribution < -0.4 is 5.32 Å². The molecular weight excluding hydrogens is 351 g/mol. The maximum absolute atomic E-state index is 12.2. The van der Waals surface area contributed by atoms with Crippen molar-refractivity contribution >= 4 is 45.6 Å². The third-order valence-electron chi connectivity index (χ3n) is 3.25. The Kier molecular flexibility index (Phi) is 4.66. The van der Waals surface area contributed by atoms with Crippen LogP contribution in [0.4, 0.5) is 5.13 Å². The zero-order valence-corrected chi connectivity index (χ0v) is 14.5. The predicted octanol–water partition coefficient (Wildman–Crippen LogP) is 5.68. The number of carbonyl (C=O) groups is 1. The van der Waals surface area contributed by atoms with E-state index in [1.165, 1.54) is 11.3 Å². The van der Waals surface area contributed by atoms with Crippen molar-refractivity contribution in [1.82, 2.24) is 4.98 Å². The van der Waals surface area contributed by atoms with Crippen LogP contribution in [-0.4, -0.2) is 10.9 Å². The Morgan fingerprint density at radius 2 is 1.87 bits per heavy atom. The third kappa shape index (κ3) is 3.72. The minimum atomic E-state index is -0.187. The van der Waals surface area contributed by atoms with Crippen LogP contribution in [0.3, 0.4) is 0 Å². The summed E-state index contributed by atoms with van der Waals surface area (Å²) in [6, 6.07) is 12.6. The zero-order chi connectivity index (χ0) is 16.4. The molecule has 0 aliphatic rings. The van der Waals surface area contributed by atoms with Crippen molar-refractivity contribution in [1.29, 1.82) is 0 Å². The Bertz CT molecular complexity index is 859. The second-order valence-electron chi connectivity index (χ2n) is 4.98. The summed E-state index contributed by atoms with van der Waals surface area (Å²) in [7, 11) is 0. The molecule has 0 aliphatic carbocycles. The first-order chi connectivity index (χ1) is 11.0. The minimum absolute atomic E-state index is 0.187. The van der Waals surface area contributed by atoms with Gasteiger partial charge in [-0.3, -0.25) is 10.1 Å². The fourth-order valence-corrected chi connectivity index (χ4v) is 3.24. The molecule has 0 aliphatic heterocycles. The van der Waals surface area contributed by atoms with Gasteiger partial charge < -0.3 is 0 Å². The summed E-state index contributed by atoms with van der Waals surface area (Å²) in [5, 5.41) is 6.27. The molecule has 116 valence electrons. The second kappa shape index (κ2) is 6.71. The Morgan fingerprint density at radius 1 is 1.13 bits per heavy atom. The second-order valence-corrected chi connectivity index (χ2v) is 6.68. The summed E-state index contributed by atoms with van der Waals surface area (Å²) in [5.74, 6) is -0.187. The van der Waals surface area contributed by atoms with Crippen molar-refractivity contribution in [2.45, 2.75) is 6.92 Å². The minimum Gasteiger partial charge on any atom is -0.298 e. The molecule has 3 rings (SSSR count). The molecule has 0 radical (unpaired) electrons. The van der Waals surface area contributed by atoms with Gasteiger partial charge in [0.1, 0.15) is 0 Å². The van der Waals surface area contributed by atoms with Crippen LogP contribution in [0.1, 0.15) is 15.9 Å². The highest BCUT2D eigenvalue weighted by Crippen LogP contribution is 2.32. The third-order valence-corrected chi connectivity index (χ3v) is 4.55. The van der Waals surface area contributed by atoms with E-state index in [1.54, 1.807) is 24.3 Å². The lowest BCUT2D eigenvalue weighted by Crippen LogP contribution is -2.11. The summed E-state index contributed by atoms with van der Waals surface area (Å²) >= 11 is 13.4. The molecule has 1 aromatic heterocycles. The number of aryl methyl sites for hydroxylation is 1. The number of amides is 1. The van der Waals surface area contributed by atoms with Gasteiger partial charge in [-0.1, -0.05) is 40.9 Å². The zero-order valence-electron chi connectivity index (χ0n) is 12.1. The first-order valence-corrected chi connectivity index (χ1v) is 8.45. The van der Waals surface area contributed by atoms with E-state index in [0.717, 1.165) is 11.1 Å². The van der Waals surface area contributed by atoms with Crippen LogP contribution in [0.15, 0.2) is 47.8 Å². The fourth-order valence-electron chi connectivity index (χ4n) is 2.03. The van der Waals surface area contributed by atoms with Crippen molar-refractivity contribution in [2.75, 3.05) is 5.32 Å². The molecule has 1 N–H and O–H groups in total. The topological polar surface area (TPSA) is 42.0 Å². The molecule has 2 aromatic carbocycles. The average Bonchev–Trinajstić information content (AvgIpc) is 2.96. The van der Waals surface area contributed by atoms with E-state index in [4.69, 9.17) is 23.2 Å². The molecule has 0 saturated carbocycles. The first kappa shape index (κ1) is 16.0. The van der Waals surface area contributed by atoms with Gasteiger partial charge in [0.05, 0.1) is 10.7 Å². The van der Waals surface area contributed by atoms with Crippen molar-refractivity contribution in [3.63, 3.8) is 0 Å². The Balaban J connectivity index is 1.79. The van der Waals surface area contributed by atoms with Gasteiger partial charge in [-0.2, -0.15) is 0 Å². The maximum Gasteiger partial charge on any atom is 0.257 e. The number of nitrogens with one attached hydrogen (secondary N) is 1. The van der Waals surface area contributed by atoms with Crippen LogP contribution in [0, 0.1) is 6.92 Å². The fraction of sp³-hybridized carbons (Fsp3) is 0.0588. The van der Waals surface area contributed by atoms with E-state index in [9.17, 15) is 4.79 Å². The van der Waals surface area contributed by atoms with Crippen molar-refractivity contribution in [3.05, 3.63) is 69.0 Å². The van der Waals surface area contributed by atoms with E-state index < -0.39 is 0 Å². The largest absolute Gasteiger partial charge is 0.298 e. The number of halogens is 2. The molecule has 3 aromatic rings. The number of hydrogen-bond donors (Lipinski definition) is 1. The first-order valence-electron chi connectivity index (χ1n) is 6.82. The Labute approximate surface area is 147 Å². The monoisotopic (exact) mass is 362 g/mol. The highest BCUT2D eigenvalue weighted by molar-refractivity contribution is 7.14. The van der Waals surface area contributed by atoms with Crippen LogP contribution in [0.25, 0.3) is 11.3 Å². The van der Waals surface area contributed by atoms with E-state index in [0.29, 0.717) is 26.4 Å². The molecule has 0 unspecified atom stereocenters. The predicted molar refractivity (Wildman–Crippen MR) is 96.7 cm³/mol. The molecule has 3 nitrogen and oxygen atoms in total. The molecular formula is C17H12Cl2N2OS. The SMILES string of the molecule is Cc1ccc(C(=O)Nc2nc(-c3ccc(Cl)cc3Cl)cs2)cc1. The smallest absolute Gasteiger partial charge is 0.257 e. The van der Waals surface area contributed by atoms with E-state index in [-0.39, 0.29) is 5.91 Å². The number of aromatic nitrogens is 1. The molecule has 0 spiro atoms. The number of nitrogens with zero attached hydrogens (tertiary/aromatic N) is 1. The van der Waals surface area contributed by atoms with E-state index in [2.05, 4.69) is 10.3 Å². The van der Waals surface area contributed by atoms with Gasteiger partial charge in [0.2, 0.25) is 0 Å². The highest BCUT2D eigenvalue weighted by atomic mass is 35.5. The summed E-state index contributed by atoms with van der Waals surface area (Å²) in [5.41, 5.74) is 3.19. The lowest BCUT2D eigenvalue weighted by Gasteiger charge is -2.03. The molecule has 6 heteroatoms. The molecule has 0 bridgehead atoms. The Morgan fingerprint density at radius 3 is 2.57 bits per heavy atom. The number of anilines is 1. The average molecular weight is 363 g/mol. The van der Waals surface area contributed by atoms with Crippen molar-refractivity contribution < 1.29 is 4.79 Å². The van der Waals surface area contributed by atoms with Crippen LogP contribution in [0.2, 0.25) is 10.0 Å². The van der Waals surface area contributed by atoms with E-state index in [1.807, 2.05) is 30.5 Å². The van der Waals surface area contributed by atoms with Crippen LogP contribution in [0.5, 0.6) is 0 Å². The van der Waals surface area contributed by atoms with Gasteiger partial charge >= 0.3 is 0 Å². The van der Waals surface area contributed by atoms with Gasteiger partial charge in [0.25, 0.3) is 5.91 Å². The van der Waals surface area contributed by atoms with Gasteiger partial charge in [-0.15, -0.1) is 11.3 Å². The molecule has 1 amide bonds. The van der Waals surface area contributed by atoms with Crippen LogP contribution in [-0.2, 0) is 0 Å². The number of rotatable bonds is 3. The normalized spacial score (nSPS) is 10.6. The molecule has 23 heavy (non-hydrogen) atoms. The van der Waals surface area contributed by atoms with Crippen molar-refractivity contribution in [2.24, 2.45) is 0 Å². The number of carbonyl (C=O) groups excluding carboxylic acids is 1. The highest BCUT2D eigenvalue weighted by Gasteiger charge is 2.12. The molecule has 0 saturated heterocycles. The summed E-state index contributed by atoms with van der Waals surface area (Å²) in [6.07, 6.45) is 0. The summed E-state index contributed by atoms with van der Waals surface area (Å²) < 4.78 is 0. The molecule has 1 heterocycles. The van der Waals surface area contributed by atoms with E-state index >= 15 is 0 Å². The van der Waals surface area contributed by atoms with Gasteiger partial charge in [-0.05, 0) is 37.3 Å². The molecule has 0 fully saturated rings. The number of benzene rings is 2. The molecule has 0 atom stereocenters. The standard InChI is InChI=1S/C17H12Cl2N2OS/c1-10-2-4-11(5-3-10)16(22)21-17-20-15(9-23-17)13-7-6-12(18)8-14(13)19/h2-9H,1H3,(H,20,21,22). The lowest BCUT2D eigenvalue weighted by molar-refractivity contribution is 0.102.